The monoisotopic (exact) mass is 442 g/mol. The molecule has 0 aliphatic heterocycles. The van der Waals surface area contributed by atoms with Crippen LogP contribution in [0, 0.1) is 33.5 Å². The zero-order chi connectivity index (χ0) is 23.9. The van der Waals surface area contributed by atoms with Crippen LogP contribution in [-0.4, -0.2) is 25.2 Å². The van der Waals surface area contributed by atoms with Crippen LogP contribution in [0.15, 0.2) is 24.3 Å². The van der Waals surface area contributed by atoms with Gasteiger partial charge >= 0.3 is 11.9 Å². The molecule has 4 atom stereocenters. The van der Waals surface area contributed by atoms with Crippen LogP contribution < -0.4 is 0 Å². The lowest BCUT2D eigenvalue weighted by Gasteiger charge is -2.40. The summed E-state index contributed by atoms with van der Waals surface area (Å²) in [5, 5.41) is 0. The lowest BCUT2D eigenvalue weighted by Crippen LogP contribution is -2.38. The maximum atomic E-state index is 13.0. The number of ether oxygens (including phenoxy) is 2. The molecular weight excluding hydrogens is 400 g/mol. The maximum absolute atomic E-state index is 13.0. The summed E-state index contributed by atoms with van der Waals surface area (Å²) in [6, 6.07) is 6.85. The zero-order valence-corrected chi connectivity index (χ0v) is 21.3. The number of esters is 2. The van der Waals surface area contributed by atoms with Crippen molar-refractivity contribution < 1.29 is 19.1 Å². The van der Waals surface area contributed by atoms with E-state index in [1.807, 2.05) is 0 Å². The van der Waals surface area contributed by atoms with Crippen molar-refractivity contribution in [3.8, 4) is 0 Å². The van der Waals surface area contributed by atoms with E-state index in [4.69, 9.17) is 9.47 Å². The number of rotatable bonds is 6. The second kappa shape index (κ2) is 8.50. The number of carbonyl (C=O) groups is 2. The molecule has 4 heteroatoms. The number of benzene rings is 1. The number of carbonyl (C=O) groups excluding carboxylic acids is 2. The fraction of sp³-hybridized carbons (Fsp3) is 0.714. The molecule has 0 spiro atoms. The van der Waals surface area contributed by atoms with E-state index in [1.165, 1.54) is 0 Å². The zero-order valence-electron chi connectivity index (χ0n) is 21.3. The van der Waals surface area contributed by atoms with Gasteiger partial charge in [0.05, 0.1) is 24.3 Å². The Balaban J connectivity index is 1.69. The van der Waals surface area contributed by atoms with Crippen molar-refractivity contribution in [2.45, 2.75) is 81.1 Å². The van der Waals surface area contributed by atoms with Gasteiger partial charge in [-0.15, -0.1) is 0 Å². The Morgan fingerprint density at radius 2 is 1.09 bits per heavy atom. The topological polar surface area (TPSA) is 52.6 Å². The predicted molar refractivity (Wildman–Crippen MR) is 128 cm³/mol. The third-order valence-electron chi connectivity index (χ3n) is 10.2. The quantitative estimate of drug-likeness (QED) is 0.448. The summed E-state index contributed by atoms with van der Waals surface area (Å²) in [6.45, 7) is 18.7. The summed E-state index contributed by atoms with van der Waals surface area (Å²) >= 11 is 0. The molecule has 178 valence electrons. The molecule has 2 aliphatic rings. The first kappa shape index (κ1) is 24.8. The smallest absolute Gasteiger partial charge is 0.339 e. The molecule has 1 aromatic rings. The van der Waals surface area contributed by atoms with Gasteiger partial charge in [-0.1, -0.05) is 67.5 Å². The summed E-state index contributed by atoms with van der Waals surface area (Å²) in [6.07, 6.45) is 4.34. The van der Waals surface area contributed by atoms with E-state index >= 15 is 0 Å². The molecule has 0 heterocycles. The highest BCUT2D eigenvalue weighted by atomic mass is 16.5. The van der Waals surface area contributed by atoms with Gasteiger partial charge in [0.15, 0.2) is 0 Å². The average Bonchev–Trinajstić information content (AvgIpc) is 3.09. The fourth-order valence-corrected chi connectivity index (χ4v) is 5.59. The summed E-state index contributed by atoms with van der Waals surface area (Å²) in [5.74, 6) is 0.264. The minimum atomic E-state index is -0.449. The van der Waals surface area contributed by atoms with Crippen LogP contribution in [0.1, 0.15) is 102 Å². The molecule has 0 bridgehead atoms. The van der Waals surface area contributed by atoms with E-state index in [2.05, 4.69) is 55.4 Å². The standard InChI is InChI=1S/C28H42O4/c1-19-13-15-27(7,25(19,3)4)17-31-23(29)21-11-9-10-12-22(21)24(30)32-18-28(8)16-14-20(2)26(28,5)6/h9-12,19-20H,13-18H2,1-8H3/t19-,20+,27+,28-. The Labute approximate surface area is 194 Å². The van der Waals surface area contributed by atoms with Gasteiger partial charge in [0.25, 0.3) is 0 Å². The van der Waals surface area contributed by atoms with Gasteiger partial charge in [-0.05, 0) is 60.5 Å². The first-order chi connectivity index (χ1) is 14.8. The Morgan fingerprint density at radius 1 is 0.750 bits per heavy atom. The first-order valence-electron chi connectivity index (χ1n) is 12.2. The highest BCUT2D eigenvalue weighted by Crippen LogP contribution is 2.56. The van der Waals surface area contributed by atoms with Crippen molar-refractivity contribution in [1.82, 2.24) is 0 Å². The van der Waals surface area contributed by atoms with Gasteiger partial charge in [-0.3, -0.25) is 0 Å². The van der Waals surface area contributed by atoms with Crippen molar-refractivity contribution in [3.05, 3.63) is 35.4 Å². The first-order valence-corrected chi connectivity index (χ1v) is 12.2. The molecule has 0 aromatic heterocycles. The lowest BCUT2D eigenvalue weighted by atomic mass is 9.66. The maximum Gasteiger partial charge on any atom is 0.339 e. The van der Waals surface area contributed by atoms with Crippen LogP contribution in [0.3, 0.4) is 0 Å². The summed E-state index contributed by atoms with van der Waals surface area (Å²) in [4.78, 5) is 26.0. The molecular formula is C28H42O4. The number of hydrogen-bond donors (Lipinski definition) is 0. The van der Waals surface area contributed by atoms with E-state index in [1.54, 1.807) is 24.3 Å². The molecule has 0 unspecified atom stereocenters. The minimum absolute atomic E-state index is 0.0725. The second-order valence-corrected chi connectivity index (χ2v) is 12.1. The average molecular weight is 443 g/mol. The normalized spacial score (nSPS) is 33.1. The molecule has 0 N–H and O–H groups in total. The summed E-state index contributed by atoms with van der Waals surface area (Å²) in [5.41, 5.74) is 0.607. The van der Waals surface area contributed by atoms with Crippen LogP contribution >= 0.6 is 0 Å². The van der Waals surface area contributed by atoms with Crippen molar-refractivity contribution in [3.63, 3.8) is 0 Å². The number of hydrogen-bond acceptors (Lipinski definition) is 4. The molecule has 2 aliphatic carbocycles. The van der Waals surface area contributed by atoms with E-state index in [0.29, 0.717) is 25.0 Å². The molecule has 0 radical (unpaired) electrons. The van der Waals surface area contributed by atoms with Crippen LogP contribution in [0.5, 0.6) is 0 Å². The van der Waals surface area contributed by atoms with Crippen LogP contribution in [-0.2, 0) is 9.47 Å². The second-order valence-electron chi connectivity index (χ2n) is 12.1. The molecule has 4 nitrogen and oxygen atoms in total. The third kappa shape index (κ3) is 4.10. The summed E-state index contributed by atoms with van der Waals surface area (Å²) < 4.78 is 11.6. The van der Waals surface area contributed by atoms with Gasteiger partial charge in [0.1, 0.15) is 0 Å². The largest absolute Gasteiger partial charge is 0.461 e. The Bertz CT molecular complexity index is 799. The van der Waals surface area contributed by atoms with Gasteiger partial charge in [0.2, 0.25) is 0 Å². The van der Waals surface area contributed by atoms with E-state index in [9.17, 15) is 9.59 Å². The third-order valence-corrected chi connectivity index (χ3v) is 10.2. The highest BCUT2D eigenvalue weighted by Gasteiger charge is 2.51. The molecule has 0 amide bonds. The Hall–Kier alpha value is -1.84. The molecule has 0 saturated heterocycles. The van der Waals surface area contributed by atoms with Crippen LogP contribution in [0.4, 0.5) is 0 Å². The Morgan fingerprint density at radius 3 is 1.38 bits per heavy atom. The van der Waals surface area contributed by atoms with Crippen LogP contribution in [0.25, 0.3) is 0 Å². The van der Waals surface area contributed by atoms with Crippen molar-refractivity contribution in [2.75, 3.05) is 13.2 Å². The molecule has 1 aromatic carbocycles. The molecule has 2 saturated carbocycles. The van der Waals surface area contributed by atoms with Crippen LogP contribution in [0.2, 0.25) is 0 Å². The van der Waals surface area contributed by atoms with Crippen molar-refractivity contribution in [2.24, 2.45) is 33.5 Å². The van der Waals surface area contributed by atoms with Gasteiger partial charge in [-0.2, -0.15) is 0 Å². The van der Waals surface area contributed by atoms with E-state index < -0.39 is 11.9 Å². The molecule has 2 fully saturated rings. The fourth-order valence-electron chi connectivity index (χ4n) is 5.59. The molecule has 3 rings (SSSR count). The van der Waals surface area contributed by atoms with Crippen molar-refractivity contribution >= 4 is 11.9 Å². The van der Waals surface area contributed by atoms with E-state index in [0.717, 1.165) is 25.7 Å². The van der Waals surface area contributed by atoms with E-state index in [-0.39, 0.29) is 32.8 Å². The minimum Gasteiger partial charge on any atom is -0.461 e. The Kier molecular flexibility index (Phi) is 6.59. The van der Waals surface area contributed by atoms with Gasteiger partial charge in [-0.25, -0.2) is 9.59 Å². The molecule has 32 heavy (non-hydrogen) atoms. The SMILES string of the molecule is C[C@@H]1CC[C@@](C)(COC(=O)c2ccccc2C(=O)OC[C@@]2(C)CC[C@H](C)C2(C)C)C1(C)C. The summed E-state index contributed by atoms with van der Waals surface area (Å²) in [7, 11) is 0. The lowest BCUT2D eigenvalue weighted by molar-refractivity contribution is -0.00643. The predicted octanol–water partition coefficient (Wildman–Crippen LogP) is 6.93. The highest BCUT2D eigenvalue weighted by molar-refractivity contribution is 6.03. The van der Waals surface area contributed by atoms with Gasteiger partial charge < -0.3 is 9.47 Å². The van der Waals surface area contributed by atoms with Gasteiger partial charge in [0, 0.05) is 10.8 Å². The van der Waals surface area contributed by atoms with Crippen molar-refractivity contribution in [1.29, 1.82) is 0 Å².